The van der Waals surface area contributed by atoms with Crippen LogP contribution in [0.25, 0.3) is 0 Å². The van der Waals surface area contributed by atoms with Crippen molar-refractivity contribution < 1.29 is 4.79 Å². The molecule has 6 heteroatoms. The van der Waals surface area contributed by atoms with Gasteiger partial charge in [-0.15, -0.1) is 10.2 Å². The lowest BCUT2D eigenvalue weighted by Crippen LogP contribution is -2.24. The van der Waals surface area contributed by atoms with Gasteiger partial charge in [-0.05, 0) is 61.4 Å². The molecule has 0 radical (unpaired) electrons. The molecule has 0 saturated heterocycles. The summed E-state index contributed by atoms with van der Waals surface area (Å²) in [6, 6.07) is 15.1. The molecule has 0 aliphatic rings. The van der Waals surface area contributed by atoms with Gasteiger partial charge in [-0.2, -0.15) is 0 Å². The molecule has 0 aliphatic heterocycles. The fourth-order valence-electron chi connectivity index (χ4n) is 2.48. The Morgan fingerprint density at radius 3 is 2.44 bits per heavy atom. The van der Waals surface area contributed by atoms with Crippen LogP contribution < -0.4 is 10.6 Å². The van der Waals surface area contributed by atoms with E-state index in [2.05, 4.69) is 31.9 Å². The molecule has 0 aliphatic carbocycles. The van der Waals surface area contributed by atoms with Gasteiger partial charge in [0.05, 0.1) is 12.2 Å². The van der Waals surface area contributed by atoms with Crippen LogP contribution in [0, 0.1) is 13.8 Å². The highest BCUT2D eigenvalue weighted by molar-refractivity contribution is 5.92. The van der Waals surface area contributed by atoms with Crippen molar-refractivity contribution in [3.05, 3.63) is 77.2 Å². The van der Waals surface area contributed by atoms with E-state index in [-0.39, 0.29) is 11.6 Å². The second kappa shape index (κ2) is 7.53. The van der Waals surface area contributed by atoms with Gasteiger partial charge in [-0.3, -0.25) is 9.78 Å². The number of benzene rings is 1. The second-order valence-corrected chi connectivity index (χ2v) is 5.81. The summed E-state index contributed by atoms with van der Waals surface area (Å²) in [5.41, 5.74) is 4.33. The lowest BCUT2D eigenvalue weighted by Gasteiger charge is -2.08. The molecule has 0 spiro atoms. The molecule has 0 saturated carbocycles. The Bertz CT molecular complexity index is 842. The summed E-state index contributed by atoms with van der Waals surface area (Å²) in [5.74, 6) is 0.308. The van der Waals surface area contributed by atoms with E-state index in [1.54, 1.807) is 18.3 Å². The maximum absolute atomic E-state index is 12.1. The van der Waals surface area contributed by atoms with E-state index in [0.29, 0.717) is 12.4 Å². The third kappa shape index (κ3) is 4.60. The predicted octanol–water partition coefficient (Wildman–Crippen LogP) is 3.16. The molecule has 0 unspecified atom stereocenters. The SMILES string of the molecule is Cc1cc(C)cc(Nc2ccc(C(=O)NCc3ccccn3)nn2)c1. The molecule has 0 atom stereocenters. The third-order valence-corrected chi connectivity index (χ3v) is 3.55. The Morgan fingerprint density at radius 1 is 1.00 bits per heavy atom. The molecule has 3 aromatic rings. The molecule has 1 amide bonds. The quantitative estimate of drug-likeness (QED) is 0.750. The van der Waals surface area contributed by atoms with Gasteiger partial charge in [0, 0.05) is 11.9 Å². The van der Waals surface area contributed by atoms with E-state index in [1.807, 2.05) is 44.2 Å². The third-order valence-electron chi connectivity index (χ3n) is 3.55. The number of nitrogens with zero attached hydrogens (tertiary/aromatic N) is 3. The van der Waals surface area contributed by atoms with Gasteiger partial charge in [0.1, 0.15) is 0 Å². The first-order valence-electron chi connectivity index (χ1n) is 7.97. The van der Waals surface area contributed by atoms with E-state index < -0.39 is 0 Å². The van der Waals surface area contributed by atoms with E-state index in [4.69, 9.17) is 0 Å². The Morgan fingerprint density at radius 2 is 1.80 bits per heavy atom. The number of hydrogen-bond donors (Lipinski definition) is 2. The van der Waals surface area contributed by atoms with Crippen molar-refractivity contribution in [2.45, 2.75) is 20.4 Å². The van der Waals surface area contributed by atoms with Crippen LogP contribution in [0.4, 0.5) is 11.5 Å². The smallest absolute Gasteiger partial charge is 0.272 e. The number of hydrogen-bond acceptors (Lipinski definition) is 5. The zero-order valence-electron chi connectivity index (χ0n) is 14.2. The summed E-state index contributed by atoms with van der Waals surface area (Å²) >= 11 is 0. The molecule has 25 heavy (non-hydrogen) atoms. The number of amides is 1. The van der Waals surface area contributed by atoms with Crippen LogP contribution in [-0.4, -0.2) is 21.1 Å². The molecular weight excluding hydrogens is 314 g/mol. The number of pyridine rings is 1. The summed E-state index contributed by atoms with van der Waals surface area (Å²) in [4.78, 5) is 16.3. The van der Waals surface area contributed by atoms with E-state index in [0.717, 1.165) is 11.4 Å². The van der Waals surface area contributed by atoms with Gasteiger partial charge in [-0.1, -0.05) is 12.1 Å². The molecule has 3 rings (SSSR count). The highest BCUT2D eigenvalue weighted by Crippen LogP contribution is 2.17. The molecule has 1 aromatic carbocycles. The van der Waals surface area contributed by atoms with E-state index in [1.165, 1.54) is 11.1 Å². The zero-order valence-corrected chi connectivity index (χ0v) is 14.2. The number of nitrogens with one attached hydrogen (secondary N) is 2. The first-order chi connectivity index (χ1) is 12.1. The van der Waals surface area contributed by atoms with Crippen LogP contribution in [-0.2, 0) is 6.54 Å². The first kappa shape index (κ1) is 16.6. The Labute approximate surface area is 146 Å². The minimum atomic E-state index is -0.281. The van der Waals surface area contributed by atoms with Crippen molar-refractivity contribution in [1.82, 2.24) is 20.5 Å². The van der Waals surface area contributed by atoms with Gasteiger partial charge < -0.3 is 10.6 Å². The maximum Gasteiger partial charge on any atom is 0.272 e. The highest BCUT2D eigenvalue weighted by atomic mass is 16.1. The Balaban J connectivity index is 1.62. The van der Waals surface area contributed by atoms with Crippen molar-refractivity contribution in [3.63, 3.8) is 0 Å². The molecule has 6 nitrogen and oxygen atoms in total. The molecular formula is C19H19N5O. The van der Waals surface area contributed by atoms with Crippen LogP contribution >= 0.6 is 0 Å². The molecule has 2 aromatic heterocycles. The van der Waals surface area contributed by atoms with Gasteiger partial charge in [0.2, 0.25) is 0 Å². The van der Waals surface area contributed by atoms with Gasteiger partial charge in [-0.25, -0.2) is 0 Å². The Hall–Kier alpha value is -3.28. The fraction of sp³-hybridized carbons (Fsp3) is 0.158. The van der Waals surface area contributed by atoms with Gasteiger partial charge in [0.25, 0.3) is 5.91 Å². The van der Waals surface area contributed by atoms with Crippen molar-refractivity contribution in [2.75, 3.05) is 5.32 Å². The largest absolute Gasteiger partial charge is 0.345 e. The lowest BCUT2D eigenvalue weighted by molar-refractivity contribution is 0.0944. The fourth-order valence-corrected chi connectivity index (χ4v) is 2.48. The monoisotopic (exact) mass is 333 g/mol. The summed E-state index contributed by atoms with van der Waals surface area (Å²) in [6.07, 6.45) is 1.69. The second-order valence-electron chi connectivity index (χ2n) is 5.81. The van der Waals surface area contributed by atoms with Crippen LogP contribution in [0.2, 0.25) is 0 Å². The first-order valence-corrected chi connectivity index (χ1v) is 7.97. The number of aryl methyl sites for hydroxylation is 2. The minimum absolute atomic E-state index is 0.266. The standard InChI is InChI=1S/C19H19N5O/c1-13-9-14(2)11-16(10-13)22-18-7-6-17(23-24-18)19(25)21-12-15-5-3-4-8-20-15/h3-11H,12H2,1-2H3,(H,21,25)(H,22,24). The predicted molar refractivity (Wildman–Crippen MR) is 96.6 cm³/mol. The molecule has 0 fully saturated rings. The maximum atomic E-state index is 12.1. The molecule has 0 bridgehead atoms. The molecule has 2 N–H and O–H groups in total. The van der Waals surface area contributed by atoms with E-state index in [9.17, 15) is 4.79 Å². The van der Waals surface area contributed by atoms with Crippen LogP contribution in [0.3, 0.4) is 0 Å². The minimum Gasteiger partial charge on any atom is -0.345 e. The van der Waals surface area contributed by atoms with E-state index >= 15 is 0 Å². The Kier molecular flexibility index (Phi) is 4.99. The van der Waals surface area contributed by atoms with Crippen molar-refractivity contribution >= 4 is 17.4 Å². The average Bonchev–Trinajstić information content (AvgIpc) is 2.60. The van der Waals surface area contributed by atoms with Gasteiger partial charge >= 0.3 is 0 Å². The molecule has 2 heterocycles. The van der Waals surface area contributed by atoms with Gasteiger partial charge in [0.15, 0.2) is 11.5 Å². The topological polar surface area (TPSA) is 79.8 Å². The normalized spacial score (nSPS) is 10.3. The number of rotatable bonds is 5. The van der Waals surface area contributed by atoms with Crippen LogP contribution in [0.5, 0.6) is 0 Å². The molecule has 126 valence electrons. The van der Waals surface area contributed by atoms with Crippen molar-refractivity contribution in [1.29, 1.82) is 0 Å². The number of carbonyl (C=O) groups is 1. The summed E-state index contributed by atoms with van der Waals surface area (Å²) < 4.78 is 0. The van der Waals surface area contributed by atoms with Crippen LogP contribution in [0.15, 0.2) is 54.7 Å². The zero-order chi connectivity index (χ0) is 17.6. The van der Waals surface area contributed by atoms with Crippen LogP contribution in [0.1, 0.15) is 27.3 Å². The number of anilines is 2. The lowest BCUT2D eigenvalue weighted by atomic mass is 10.1. The highest BCUT2D eigenvalue weighted by Gasteiger charge is 2.08. The average molecular weight is 333 g/mol. The summed E-state index contributed by atoms with van der Waals surface area (Å²) in [5, 5.41) is 14.0. The van der Waals surface area contributed by atoms with Crippen molar-refractivity contribution in [3.8, 4) is 0 Å². The summed E-state index contributed by atoms with van der Waals surface area (Å²) in [7, 11) is 0. The summed E-state index contributed by atoms with van der Waals surface area (Å²) in [6.45, 7) is 4.43. The van der Waals surface area contributed by atoms with Crippen molar-refractivity contribution in [2.24, 2.45) is 0 Å². The number of aromatic nitrogens is 3. The number of carbonyl (C=O) groups excluding carboxylic acids is 1.